The molecule has 0 radical (unpaired) electrons. The third kappa shape index (κ3) is 3.30. The fourth-order valence-corrected chi connectivity index (χ4v) is 3.52. The summed E-state index contributed by atoms with van der Waals surface area (Å²) in [5, 5.41) is 3.77. The van der Waals surface area contributed by atoms with E-state index in [0.29, 0.717) is 12.6 Å². The number of hydrogen-bond donors (Lipinski definition) is 1. The van der Waals surface area contributed by atoms with E-state index in [9.17, 15) is 0 Å². The number of benzene rings is 1. The van der Waals surface area contributed by atoms with Gasteiger partial charge in [-0.25, -0.2) is 0 Å². The Labute approximate surface area is 116 Å². The predicted molar refractivity (Wildman–Crippen MR) is 79.2 cm³/mol. The van der Waals surface area contributed by atoms with E-state index in [1.165, 1.54) is 49.8 Å². The van der Waals surface area contributed by atoms with Crippen molar-refractivity contribution in [2.75, 3.05) is 12.4 Å². The summed E-state index contributed by atoms with van der Waals surface area (Å²) < 4.78 is 5.29. The summed E-state index contributed by atoms with van der Waals surface area (Å²) in [5.41, 5.74) is 2.55. The van der Waals surface area contributed by atoms with E-state index in [0.717, 1.165) is 11.8 Å². The highest BCUT2D eigenvalue weighted by molar-refractivity contribution is 5.51. The van der Waals surface area contributed by atoms with Crippen LogP contribution in [0.25, 0.3) is 0 Å². The summed E-state index contributed by atoms with van der Waals surface area (Å²) in [7, 11) is 1.76. The van der Waals surface area contributed by atoms with Gasteiger partial charge in [0.15, 0.2) is 0 Å². The highest BCUT2D eigenvalue weighted by atomic mass is 16.5. The Morgan fingerprint density at radius 3 is 2.74 bits per heavy atom. The van der Waals surface area contributed by atoms with E-state index >= 15 is 0 Å². The van der Waals surface area contributed by atoms with Gasteiger partial charge in [0.1, 0.15) is 0 Å². The van der Waals surface area contributed by atoms with Crippen LogP contribution in [-0.2, 0) is 11.3 Å². The summed E-state index contributed by atoms with van der Waals surface area (Å²) in [5.74, 6) is 2.04. The molecule has 0 heterocycles. The second-order valence-corrected chi connectivity index (χ2v) is 6.20. The number of nitrogens with one attached hydrogen (secondary N) is 1. The van der Waals surface area contributed by atoms with Gasteiger partial charge in [0.2, 0.25) is 0 Å². The molecule has 3 rings (SSSR count). The molecule has 2 atom stereocenters. The lowest BCUT2D eigenvalue weighted by Gasteiger charge is -2.31. The van der Waals surface area contributed by atoms with Gasteiger partial charge < -0.3 is 10.1 Å². The minimum atomic E-state index is 0.664. The van der Waals surface area contributed by atoms with Crippen LogP contribution in [0.4, 0.5) is 5.69 Å². The zero-order valence-electron chi connectivity index (χ0n) is 11.9. The molecule has 1 N–H and O–H groups in total. The summed E-state index contributed by atoms with van der Waals surface area (Å²) in [6, 6.07) is 9.22. The summed E-state index contributed by atoms with van der Waals surface area (Å²) in [6.07, 6.45) is 8.51. The van der Waals surface area contributed by atoms with Crippen molar-refractivity contribution in [1.82, 2.24) is 0 Å². The molecule has 2 heteroatoms. The molecule has 2 fully saturated rings. The normalized spacial score (nSPS) is 27.2. The minimum absolute atomic E-state index is 0.664. The van der Waals surface area contributed by atoms with Crippen molar-refractivity contribution in [3.05, 3.63) is 29.8 Å². The molecule has 0 spiro atoms. The largest absolute Gasteiger partial charge is 0.382 e. The second-order valence-electron chi connectivity index (χ2n) is 6.20. The van der Waals surface area contributed by atoms with Crippen LogP contribution in [0.5, 0.6) is 0 Å². The van der Waals surface area contributed by atoms with E-state index in [2.05, 4.69) is 29.6 Å². The van der Waals surface area contributed by atoms with Crippen LogP contribution in [0.2, 0.25) is 0 Å². The molecule has 104 valence electrons. The van der Waals surface area contributed by atoms with Gasteiger partial charge in [-0.3, -0.25) is 0 Å². The number of ether oxygens (including phenoxy) is 1. The summed E-state index contributed by atoms with van der Waals surface area (Å²) >= 11 is 0. The van der Waals surface area contributed by atoms with Crippen LogP contribution in [0.15, 0.2) is 24.3 Å². The van der Waals surface area contributed by atoms with Crippen LogP contribution in [0.1, 0.15) is 44.1 Å². The van der Waals surface area contributed by atoms with Crippen molar-refractivity contribution in [3.8, 4) is 0 Å². The quantitative estimate of drug-likeness (QED) is 0.855. The Morgan fingerprint density at radius 1 is 1.11 bits per heavy atom. The molecule has 1 aromatic carbocycles. The molecule has 0 aliphatic heterocycles. The van der Waals surface area contributed by atoms with Gasteiger partial charge >= 0.3 is 0 Å². The van der Waals surface area contributed by atoms with Crippen LogP contribution in [0, 0.1) is 11.8 Å². The van der Waals surface area contributed by atoms with Crippen LogP contribution >= 0.6 is 0 Å². The zero-order valence-corrected chi connectivity index (χ0v) is 11.9. The molecule has 2 nitrogen and oxygen atoms in total. The average molecular weight is 259 g/mol. The number of rotatable bonds is 5. The molecule has 19 heavy (non-hydrogen) atoms. The maximum Gasteiger partial charge on any atom is 0.0733 e. The van der Waals surface area contributed by atoms with E-state index in [1.807, 2.05) is 0 Å². The lowest BCUT2D eigenvalue weighted by Crippen LogP contribution is -2.28. The topological polar surface area (TPSA) is 21.3 Å². The molecule has 2 aliphatic rings. The molecule has 1 aromatic rings. The van der Waals surface area contributed by atoms with Crippen molar-refractivity contribution < 1.29 is 4.74 Å². The van der Waals surface area contributed by atoms with Gasteiger partial charge in [-0.1, -0.05) is 31.0 Å². The first kappa shape index (κ1) is 13.0. The van der Waals surface area contributed by atoms with Crippen LogP contribution in [-0.4, -0.2) is 13.2 Å². The molecule has 2 unspecified atom stereocenters. The van der Waals surface area contributed by atoms with Crippen molar-refractivity contribution in [2.24, 2.45) is 11.8 Å². The maximum atomic E-state index is 5.29. The monoisotopic (exact) mass is 259 g/mol. The van der Waals surface area contributed by atoms with Gasteiger partial charge in [-0.15, -0.1) is 0 Å². The smallest absolute Gasteiger partial charge is 0.0733 e. The molecular formula is C17H25NO. The molecular weight excluding hydrogens is 234 g/mol. The van der Waals surface area contributed by atoms with Crippen molar-refractivity contribution in [1.29, 1.82) is 0 Å². The van der Waals surface area contributed by atoms with Gasteiger partial charge in [-0.05, 0) is 43.6 Å². The highest BCUT2D eigenvalue weighted by Gasteiger charge is 2.34. The molecule has 0 amide bonds. The standard InChI is InChI=1S/C17H25NO/c1-19-12-15-5-2-3-8-17(15)18-16-7-4-6-14(11-16)13-9-10-13/h2-3,5,8,13-14,16,18H,4,6-7,9-12H2,1H3. The van der Waals surface area contributed by atoms with Crippen LogP contribution < -0.4 is 5.32 Å². The number of para-hydroxylation sites is 1. The highest BCUT2D eigenvalue weighted by Crippen LogP contribution is 2.44. The number of hydrogen-bond acceptors (Lipinski definition) is 2. The summed E-state index contributed by atoms with van der Waals surface area (Å²) in [6.45, 7) is 0.696. The van der Waals surface area contributed by atoms with E-state index in [1.54, 1.807) is 7.11 Å². The van der Waals surface area contributed by atoms with Crippen molar-refractivity contribution in [3.63, 3.8) is 0 Å². The van der Waals surface area contributed by atoms with E-state index in [-0.39, 0.29) is 0 Å². The third-order valence-electron chi connectivity index (χ3n) is 4.68. The van der Waals surface area contributed by atoms with Gasteiger partial charge in [0.05, 0.1) is 6.61 Å². The second kappa shape index (κ2) is 5.96. The van der Waals surface area contributed by atoms with Gasteiger partial charge in [0.25, 0.3) is 0 Å². The fraction of sp³-hybridized carbons (Fsp3) is 0.647. The van der Waals surface area contributed by atoms with Crippen LogP contribution in [0.3, 0.4) is 0 Å². The maximum absolute atomic E-state index is 5.29. The summed E-state index contributed by atoms with van der Waals surface area (Å²) in [4.78, 5) is 0. The predicted octanol–water partition coefficient (Wildman–Crippen LogP) is 4.21. The van der Waals surface area contributed by atoms with E-state index < -0.39 is 0 Å². The lowest BCUT2D eigenvalue weighted by molar-refractivity contribution is 0.185. The molecule has 2 saturated carbocycles. The molecule has 0 bridgehead atoms. The Balaban J connectivity index is 1.63. The Kier molecular flexibility index (Phi) is 4.07. The van der Waals surface area contributed by atoms with Crippen molar-refractivity contribution in [2.45, 2.75) is 51.2 Å². The first-order valence-corrected chi connectivity index (χ1v) is 7.70. The Morgan fingerprint density at radius 2 is 1.95 bits per heavy atom. The van der Waals surface area contributed by atoms with Gasteiger partial charge in [0, 0.05) is 24.4 Å². The first-order valence-electron chi connectivity index (χ1n) is 7.70. The fourth-order valence-electron chi connectivity index (χ4n) is 3.52. The van der Waals surface area contributed by atoms with Crippen molar-refractivity contribution >= 4 is 5.69 Å². The molecule has 0 aromatic heterocycles. The third-order valence-corrected chi connectivity index (χ3v) is 4.68. The Bertz CT molecular complexity index is 413. The minimum Gasteiger partial charge on any atom is -0.382 e. The molecule has 0 saturated heterocycles. The zero-order chi connectivity index (χ0) is 13.1. The Hall–Kier alpha value is -1.02. The first-order chi connectivity index (χ1) is 9.36. The number of methoxy groups -OCH3 is 1. The lowest BCUT2D eigenvalue weighted by atomic mass is 9.82. The molecule has 2 aliphatic carbocycles. The number of anilines is 1. The average Bonchev–Trinajstić information content (AvgIpc) is 3.26. The van der Waals surface area contributed by atoms with Gasteiger partial charge in [-0.2, -0.15) is 0 Å². The SMILES string of the molecule is COCc1ccccc1NC1CCCC(C2CC2)C1. The van der Waals surface area contributed by atoms with E-state index in [4.69, 9.17) is 4.74 Å².